The highest BCUT2D eigenvalue weighted by atomic mass is 16.3. The Morgan fingerprint density at radius 3 is 2.62 bits per heavy atom. The maximum Gasteiger partial charge on any atom is 0.165 e. The number of nitrogen functional groups attached to an aromatic ring is 1. The van der Waals surface area contributed by atoms with Gasteiger partial charge in [-0.05, 0) is 63.4 Å². The van der Waals surface area contributed by atoms with Gasteiger partial charge in [0.2, 0.25) is 0 Å². The maximum atomic E-state index is 10.1. The molecule has 136 valence electrons. The molecule has 1 aromatic carbocycles. The molecule has 0 spiro atoms. The SMILES string of the molecule is CNCC1CCC(c2nc(-c3cc(O)ccc3O)nc(N)c2C#N)CC1. The topological polar surface area (TPSA) is 128 Å². The lowest BCUT2D eigenvalue weighted by atomic mass is 9.79. The highest BCUT2D eigenvalue weighted by Gasteiger charge is 2.27. The highest BCUT2D eigenvalue weighted by molar-refractivity contribution is 5.68. The van der Waals surface area contributed by atoms with Crippen molar-refractivity contribution in [3.8, 4) is 29.0 Å². The van der Waals surface area contributed by atoms with Crippen LogP contribution < -0.4 is 11.1 Å². The van der Waals surface area contributed by atoms with Gasteiger partial charge in [0.25, 0.3) is 0 Å². The second kappa shape index (κ2) is 7.58. The second-order valence-electron chi connectivity index (χ2n) is 6.78. The predicted octanol–water partition coefficient (Wildman–Crippen LogP) is 2.50. The number of nitriles is 1. The zero-order valence-electron chi connectivity index (χ0n) is 14.7. The van der Waals surface area contributed by atoms with E-state index in [4.69, 9.17) is 5.73 Å². The number of hydrogen-bond acceptors (Lipinski definition) is 7. The molecule has 0 saturated heterocycles. The third kappa shape index (κ3) is 3.55. The van der Waals surface area contributed by atoms with Crippen molar-refractivity contribution in [2.24, 2.45) is 5.92 Å². The maximum absolute atomic E-state index is 10.1. The first-order valence-electron chi connectivity index (χ1n) is 8.78. The number of aromatic nitrogens is 2. The minimum absolute atomic E-state index is 0.00143. The van der Waals surface area contributed by atoms with Gasteiger partial charge in [-0.2, -0.15) is 5.26 Å². The summed E-state index contributed by atoms with van der Waals surface area (Å²) in [6.45, 7) is 0.992. The monoisotopic (exact) mass is 353 g/mol. The normalized spacial score (nSPS) is 19.8. The number of nitrogens with two attached hydrogens (primary N) is 1. The van der Waals surface area contributed by atoms with Crippen LogP contribution in [0.15, 0.2) is 18.2 Å². The number of phenols is 2. The Bertz CT molecular complexity index is 839. The molecular formula is C19H23N5O2. The molecule has 1 aliphatic rings. The van der Waals surface area contributed by atoms with Gasteiger partial charge in [-0.15, -0.1) is 0 Å². The number of nitrogens with zero attached hydrogens (tertiary/aromatic N) is 3. The molecule has 1 saturated carbocycles. The molecule has 0 amide bonds. The molecule has 3 rings (SSSR count). The Labute approximate surface area is 152 Å². The van der Waals surface area contributed by atoms with E-state index in [1.165, 1.54) is 18.2 Å². The number of hydrogen-bond donors (Lipinski definition) is 4. The summed E-state index contributed by atoms with van der Waals surface area (Å²) in [6, 6.07) is 6.29. The van der Waals surface area contributed by atoms with Gasteiger partial charge in [-0.3, -0.25) is 0 Å². The minimum atomic E-state index is -0.0458. The molecule has 26 heavy (non-hydrogen) atoms. The van der Waals surface area contributed by atoms with E-state index in [9.17, 15) is 15.5 Å². The van der Waals surface area contributed by atoms with Crippen LogP contribution in [0.5, 0.6) is 11.5 Å². The largest absolute Gasteiger partial charge is 0.508 e. The molecule has 0 aliphatic heterocycles. The van der Waals surface area contributed by atoms with E-state index in [1.54, 1.807) is 0 Å². The van der Waals surface area contributed by atoms with E-state index in [-0.39, 0.29) is 29.1 Å². The van der Waals surface area contributed by atoms with Gasteiger partial charge in [0.15, 0.2) is 5.82 Å². The molecule has 1 heterocycles. The van der Waals surface area contributed by atoms with E-state index in [2.05, 4.69) is 21.4 Å². The zero-order chi connectivity index (χ0) is 18.7. The van der Waals surface area contributed by atoms with Crippen LogP contribution in [0.2, 0.25) is 0 Å². The number of phenolic OH excluding ortho intramolecular Hbond substituents is 2. The molecular weight excluding hydrogens is 330 g/mol. The minimum Gasteiger partial charge on any atom is -0.508 e. The van der Waals surface area contributed by atoms with Crippen molar-refractivity contribution in [1.29, 1.82) is 5.26 Å². The highest BCUT2D eigenvalue weighted by Crippen LogP contribution is 2.38. The van der Waals surface area contributed by atoms with Crippen LogP contribution in [0.25, 0.3) is 11.4 Å². The van der Waals surface area contributed by atoms with Gasteiger partial charge >= 0.3 is 0 Å². The van der Waals surface area contributed by atoms with Crippen LogP contribution in [0.1, 0.15) is 42.9 Å². The number of aromatic hydroxyl groups is 2. The Balaban J connectivity index is 1.99. The predicted molar refractivity (Wildman–Crippen MR) is 98.6 cm³/mol. The molecule has 1 fully saturated rings. The standard InChI is InChI=1S/C19H23N5O2/c1-22-10-11-2-4-12(5-3-11)17-15(9-20)18(21)24-19(23-17)14-8-13(25)6-7-16(14)26/h6-8,11-12,22,25-26H,2-5,10H2,1H3,(H2,21,23,24). The number of nitrogens with one attached hydrogen (secondary N) is 1. The summed E-state index contributed by atoms with van der Waals surface area (Å²) in [4.78, 5) is 8.75. The van der Waals surface area contributed by atoms with Gasteiger partial charge < -0.3 is 21.3 Å². The summed E-state index contributed by atoms with van der Waals surface area (Å²) in [5.41, 5.74) is 7.26. The molecule has 7 nitrogen and oxygen atoms in total. The molecule has 1 aliphatic carbocycles. The third-order valence-corrected chi connectivity index (χ3v) is 5.02. The quantitative estimate of drug-likeness (QED) is 0.622. The summed E-state index contributed by atoms with van der Waals surface area (Å²) >= 11 is 0. The average Bonchev–Trinajstić information content (AvgIpc) is 2.64. The van der Waals surface area contributed by atoms with Crippen LogP contribution in [-0.2, 0) is 0 Å². The molecule has 5 N–H and O–H groups in total. The van der Waals surface area contributed by atoms with Crippen molar-refractivity contribution in [3.63, 3.8) is 0 Å². The first-order chi connectivity index (χ1) is 12.5. The lowest BCUT2D eigenvalue weighted by Crippen LogP contribution is -2.24. The van der Waals surface area contributed by atoms with Crippen LogP contribution in [0, 0.1) is 17.2 Å². The van der Waals surface area contributed by atoms with Crippen molar-refractivity contribution < 1.29 is 10.2 Å². The third-order valence-electron chi connectivity index (χ3n) is 5.02. The molecule has 0 radical (unpaired) electrons. The lowest BCUT2D eigenvalue weighted by Gasteiger charge is -2.28. The van der Waals surface area contributed by atoms with Crippen LogP contribution in [0.3, 0.4) is 0 Å². The van der Waals surface area contributed by atoms with Crippen molar-refractivity contribution in [2.45, 2.75) is 31.6 Å². The summed E-state index contributed by atoms with van der Waals surface area (Å²) in [5.74, 6) is 1.06. The number of anilines is 1. The molecule has 0 bridgehead atoms. The molecule has 7 heteroatoms. The van der Waals surface area contributed by atoms with Crippen LogP contribution in [0.4, 0.5) is 5.82 Å². The van der Waals surface area contributed by atoms with Gasteiger partial charge in [0, 0.05) is 5.92 Å². The summed E-state index contributed by atoms with van der Waals surface area (Å²) in [7, 11) is 1.96. The Kier molecular flexibility index (Phi) is 5.24. The van der Waals surface area contributed by atoms with E-state index in [0.717, 1.165) is 32.2 Å². The Morgan fingerprint density at radius 2 is 1.96 bits per heavy atom. The van der Waals surface area contributed by atoms with E-state index in [0.29, 0.717) is 22.7 Å². The molecule has 0 unspecified atom stereocenters. The zero-order valence-corrected chi connectivity index (χ0v) is 14.7. The van der Waals surface area contributed by atoms with Gasteiger partial charge in [0.05, 0.1) is 11.3 Å². The molecule has 0 atom stereocenters. The van der Waals surface area contributed by atoms with E-state index < -0.39 is 0 Å². The second-order valence-corrected chi connectivity index (χ2v) is 6.78. The van der Waals surface area contributed by atoms with Crippen LogP contribution in [-0.4, -0.2) is 33.8 Å². The van der Waals surface area contributed by atoms with Crippen LogP contribution >= 0.6 is 0 Å². The van der Waals surface area contributed by atoms with Gasteiger partial charge in [-0.1, -0.05) is 0 Å². The summed E-state index contributed by atoms with van der Waals surface area (Å²) < 4.78 is 0. The van der Waals surface area contributed by atoms with E-state index in [1.807, 2.05) is 7.05 Å². The fourth-order valence-electron chi connectivity index (χ4n) is 3.66. The fraction of sp³-hybridized carbons (Fsp3) is 0.421. The fourth-order valence-corrected chi connectivity index (χ4v) is 3.66. The lowest BCUT2D eigenvalue weighted by molar-refractivity contribution is 0.316. The van der Waals surface area contributed by atoms with Crippen molar-refractivity contribution in [1.82, 2.24) is 15.3 Å². The Morgan fingerprint density at radius 1 is 1.23 bits per heavy atom. The smallest absolute Gasteiger partial charge is 0.165 e. The molecule has 2 aromatic rings. The summed E-state index contributed by atoms with van der Waals surface area (Å²) in [6.07, 6.45) is 3.99. The van der Waals surface area contributed by atoms with E-state index >= 15 is 0 Å². The van der Waals surface area contributed by atoms with Gasteiger partial charge in [0.1, 0.15) is 28.9 Å². The number of rotatable bonds is 4. The first-order valence-corrected chi connectivity index (χ1v) is 8.78. The first kappa shape index (κ1) is 18.0. The van der Waals surface area contributed by atoms with Crippen molar-refractivity contribution in [3.05, 3.63) is 29.5 Å². The molecule has 1 aromatic heterocycles. The van der Waals surface area contributed by atoms with Crippen molar-refractivity contribution >= 4 is 5.82 Å². The Hall–Kier alpha value is -2.85. The van der Waals surface area contributed by atoms with Gasteiger partial charge in [-0.25, -0.2) is 9.97 Å². The number of benzene rings is 1. The van der Waals surface area contributed by atoms with Crippen molar-refractivity contribution in [2.75, 3.05) is 19.3 Å². The average molecular weight is 353 g/mol. The summed E-state index contributed by atoms with van der Waals surface area (Å²) in [5, 5.41) is 32.5.